The van der Waals surface area contributed by atoms with Crippen molar-refractivity contribution in [3.8, 4) is 0 Å². The minimum Gasteiger partial charge on any atom is -0.396 e. The van der Waals surface area contributed by atoms with Gasteiger partial charge in [0.15, 0.2) is 0 Å². The highest BCUT2D eigenvalue weighted by Gasteiger charge is 2.24. The topological polar surface area (TPSA) is 79.5 Å². The van der Waals surface area contributed by atoms with E-state index >= 15 is 0 Å². The van der Waals surface area contributed by atoms with Gasteiger partial charge in [-0.1, -0.05) is 0 Å². The van der Waals surface area contributed by atoms with Crippen LogP contribution in [0.3, 0.4) is 0 Å². The number of hydrogen-bond donors (Lipinski definition) is 2. The van der Waals surface area contributed by atoms with E-state index in [9.17, 15) is 4.79 Å². The third-order valence-corrected chi connectivity index (χ3v) is 3.40. The van der Waals surface area contributed by atoms with Crippen molar-refractivity contribution in [3.63, 3.8) is 0 Å². The summed E-state index contributed by atoms with van der Waals surface area (Å²) in [6.07, 6.45) is 5.69. The van der Waals surface area contributed by atoms with Crippen molar-refractivity contribution in [3.05, 3.63) is 24.0 Å². The Bertz CT molecular complexity index is 422. The normalized spacial score (nSPS) is 19.2. The van der Waals surface area contributed by atoms with Crippen LogP contribution in [0.5, 0.6) is 0 Å². The van der Waals surface area contributed by atoms with Gasteiger partial charge in [-0.25, -0.2) is 0 Å². The SMILES string of the molecule is NC(=O)c1cc(N2CCCC2CCCO)ccn1. The number of primary amides is 1. The Balaban J connectivity index is 2.14. The number of carbonyl (C=O) groups is 1. The number of nitrogens with two attached hydrogens (primary N) is 1. The molecule has 2 heterocycles. The summed E-state index contributed by atoms with van der Waals surface area (Å²) in [5.41, 5.74) is 6.55. The maximum atomic E-state index is 11.1. The first kappa shape index (κ1) is 12.8. The van der Waals surface area contributed by atoms with Gasteiger partial charge in [-0.15, -0.1) is 0 Å². The second-order valence-corrected chi connectivity index (χ2v) is 4.62. The second kappa shape index (κ2) is 5.82. The average molecular weight is 249 g/mol. The van der Waals surface area contributed by atoms with E-state index in [0.717, 1.165) is 37.9 Å². The van der Waals surface area contributed by atoms with Crippen LogP contribution in [0.1, 0.15) is 36.2 Å². The number of nitrogens with zero attached hydrogens (tertiary/aromatic N) is 2. The number of amides is 1. The third kappa shape index (κ3) is 2.79. The van der Waals surface area contributed by atoms with Crippen LogP contribution < -0.4 is 10.6 Å². The molecule has 1 atom stereocenters. The van der Waals surface area contributed by atoms with Gasteiger partial charge in [0.1, 0.15) is 5.69 Å². The van der Waals surface area contributed by atoms with Crippen molar-refractivity contribution < 1.29 is 9.90 Å². The van der Waals surface area contributed by atoms with E-state index in [2.05, 4.69) is 9.88 Å². The molecular formula is C13H19N3O2. The van der Waals surface area contributed by atoms with Gasteiger partial charge < -0.3 is 15.7 Å². The van der Waals surface area contributed by atoms with Gasteiger partial charge >= 0.3 is 0 Å². The van der Waals surface area contributed by atoms with Crippen LogP contribution in [0.4, 0.5) is 5.69 Å². The molecule has 18 heavy (non-hydrogen) atoms. The fourth-order valence-corrected chi connectivity index (χ4v) is 2.54. The molecule has 5 nitrogen and oxygen atoms in total. The molecule has 1 aromatic rings. The molecule has 1 aliphatic heterocycles. The molecular weight excluding hydrogens is 230 g/mol. The summed E-state index contributed by atoms with van der Waals surface area (Å²) in [4.78, 5) is 17.4. The number of aliphatic hydroxyl groups excluding tert-OH is 1. The van der Waals surface area contributed by atoms with Gasteiger partial charge in [-0.3, -0.25) is 9.78 Å². The van der Waals surface area contributed by atoms with Gasteiger partial charge in [0.2, 0.25) is 0 Å². The molecule has 98 valence electrons. The predicted molar refractivity (Wildman–Crippen MR) is 69.4 cm³/mol. The van der Waals surface area contributed by atoms with Gasteiger partial charge in [0, 0.05) is 31.1 Å². The zero-order chi connectivity index (χ0) is 13.0. The lowest BCUT2D eigenvalue weighted by molar-refractivity contribution is 0.0995. The van der Waals surface area contributed by atoms with Crippen LogP contribution in [0.2, 0.25) is 0 Å². The third-order valence-electron chi connectivity index (χ3n) is 3.40. The van der Waals surface area contributed by atoms with Crippen molar-refractivity contribution in [2.75, 3.05) is 18.1 Å². The summed E-state index contributed by atoms with van der Waals surface area (Å²) in [6.45, 7) is 1.21. The summed E-state index contributed by atoms with van der Waals surface area (Å²) in [5.74, 6) is -0.497. The molecule has 1 aliphatic rings. The molecule has 1 unspecified atom stereocenters. The maximum Gasteiger partial charge on any atom is 0.267 e. The lowest BCUT2D eigenvalue weighted by Crippen LogP contribution is -2.29. The highest BCUT2D eigenvalue weighted by Crippen LogP contribution is 2.28. The van der Waals surface area contributed by atoms with Crippen molar-refractivity contribution in [1.29, 1.82) is 0 Å². The molecule has 1 fully saturated rings. The number of carbonyl (C=O) groups excluding carboxylic acids is 1. The van der Waals surface area contributed by atoms with Crippen LogP contribution in [0.15, 0.2) is 18.3 Å². The summed E-state index contributed by atoms with van der Waals surface area (Å²) >= 11 is 0. The molecule has 0 saturated carbocycles. The van der Waals surface area contributed by atoms with Gasteiger partial charge in [0.25, 0.3) is 5.91 Å². The molecule has 1 saturated heterocycles. The molecule has 0 aliphatic carbocycles. The smallest absolute Gasteiger partial charge is 0.267 e. The summed E-state index contributed by atoms with van der Waals surface area (Å²) in [7, 11) is 0. The quantitative estimate of drug-likeness (QED) is 0.813. The Kier molecular flexibility index (Phi) is 4.15. The molecule has 0 aromatic carbocycles. The lowest BCUT2D eigenvalue weighted by atomic mass is 10.1. The first-order valence-corrected chi connectivity index (χ1v) is 6.35. The molecule has 0 spiro atoms. The largest absolute Gasteiger partial charge is 0.396 e. The minimum absolute atomic E-state index is 0.229. The predicted octanol–water partition coefficient (Wildman–Crippen LogP) is 0.922. The fourth-order valence-electron chi connectivity index (χ4n) is 2.54. The van der Waals surface area contributed by atoms with E-state index in [1.54, 1.807) is 12.3 Å². The van der Waals surface area contributed by atoms with Crippen LogP contribution in [0, 0.1) is 0 Å². The molecule has 0 radical (unpaired) electrons. The number of hydrogen-bond acceptors (Lipinski definition) is 4. The fraction of sp³-hybridized carbons (Fsp3) is 0.538. The number of aromatic nitrogens is 1. The zero-order valence-corrected chi connectivity index (χ0v) is 10.4. The van der Waals surface area contributed by atoms with Crippen molar-refractivity contribution in [1.82, 2.24) is 4.98 Å². The van der Waals surface area contributed by atoms with E-state index in [1.807, 2.05) is 6.07 Å². The van der Waals surface area contributed by atoms with Gasteiger partial charge in [-0.05, 0) is 37.8 Å². The Morgan fingerprint density at radius 1 is 1.61 bits per heavy atom. The molecule has 0 bridgehead atoms. The zero-order valence-electron chi connectivity index (χ0n) is 10.4. The molecule has 5 heteroatoms. The van der Waals surface area contributed by atoms with Crippen LogP contribution >= 0.6 is 0 Å². The van der Waals surface area contributed by atoms with E-state index < -0.39 is 5.91 Å². The Labute approximate surface area is 107 Å². The minimum atomic E-state index is -0.497. The van der Waals surface area contributed by atoms with Crippen molar-refractivity contribution >= 4 is 11.6 Å². The summed E-state index contributed by atoms with van der Waals surface area (Å²) in [6, 6.07) is 4.10. The van der Waals surface area contributed by atoms with E-state index in [4.69, 9.17) is 10.8 Å². The Hall–Kier alpha value is -1.62. The number of rotatable bonds is 5. The Morgan fingerprint density at radius 3 is 3.17 bits per heavy atom. The molecule has 1 amide bonds. The van der Waals surface area contributed by atoms with Gasteiger partial charge in [-0.2, -0.15) is 0 Å². The molecule has 2 rings (SSSR count). The number of aliphatic hydroxyl groups is 1. The number of pyridine rings is 1. The average Bonchev–Trinajstić information content (AvgIpc) is 2.84. The van der Waals surface area contributed by atoms with Crippen LogP contribution in [-0.2, 0) is 0 Å². The molecule has 1 aromatic heterocycles. The number of anilines is 1. The highest BCUT2D eigenvalue weighted by molar-refractivity contribution is 5.91. The maximum absolute atomic E-state index is 11.1. The van der Waals surface area contributed by atoms with E-state index in [1.165, 1.54) is 0 Å². The standard InChI is InChI=1S/C13H19N3O2/c14-13(18)12-9-11(5-6-15-12)16-7-1-3-10(16)4-2-8-17/h5-6,9-10,17H,1-4,7-8H2,(H2,14,18). The lowest BCUT2D eigenvalue weighted by Gasteiger charge is -2.26. The monoisotopic (exact) mass is 249 g/mol. The van der Waals surface area contributed by atoms with Crippen LogP contribution in [0.25, 0.3) is 0 Å². The van der Waals surface area contributed by atoms with E-state index in [0.29, 0.717) is 11.7 Å². The van der Waals surface area contributed by atoms with Crippen molar-refractivity contribution in [2.45, 2.75) is 31.7 Å². The van der Waals surface area contributed by atoms with Crippen molar-refractivity contribution in [2.24, 2.45) is 5.73 Å². The summed E-state index contributed by atoms with van der Waals surface area (Å²) in [5, 5.41) is 8.91. The Morgan fingerprint density at radius 2 is 2.44 bits per heavy atom. The van der Waals surface area contributed by atoms with E-state index in [-0.39, 0.29) is 6.61 Å². The summed E-state index contributed by atoms with van der Waals surface area (Å²) < 4.78 is 0. The first-order valence-electron chi connectivity index (χ1n) is 6.35. The van der Waals surface area contributed by atoms with Gasteiger partial charge in [0.05, 0.1) is 0 Å². The highest BCUT2D eigenvalue weighted by atomic mass is 16.2. The van der Waals surface area contributed by atoms with Crippen LogP contribution in [-0.4, -0.2) is 35.2 Å². The first-order chi connectivity index (χ1) is 8.72. The second-order valence-electron chi connectivity index (χ2n) is 4.62. The molecule has 3 N–H and O–H groups in total.